The highest BCUT2D eigenvalue weighted by Crippen LogP contribution is 2.18. The van der Waals surface area contributed by atoms with Crippen LogP contribution < -0.4 is 0 Å². The van der Waals surface area contributed by atoms with Crippen LogP contribution in [0.15, 0.2) is 58.3 Å². The molecule has 0 nitrogen and oxygen atoms in total. The number of rotatable bonds is 2. The van der Waals surface area contributed by atoms with Crippen molar-refractivity contribution in [2.45, 2.75) is 16.7 Å². The predicted molar refractivity (Wildman–Crippen MR) is 86.2 cm³/mol. The smallest absolute Gasteiger partial charge is 0.0406 e. The quantitative estimate of drug-likeness (QED) is 0.644. The van der Waals surface area contributed by atoms with Crippen molar-refractivity contribution in [2.24, 2.45) is 0 Å². The van der Waals surface area contributed by atoms with Gasteiger partial charge in [0.2, 0.25) is 0 Å². The van der Waals surface area contributed by atoms with Gasteiger partial charge in [-0.15, -0.1) is 23.5 Å². The second-order valence-electron chi connectivity index (χ2n) is 3.63. The highest BCUT2D eigenvalue weighted by atomic mass is 35.5. The molecule has 2 rings (SSSR count). The molecule has 0 atom stereocenters. The van der Waals surface area contributed by atoms with Crippen LogP contribution in [0.5, 0.6) is 0 Å². The van der Waals surface area contributed by atoms with E-state index in [9.17, 15) is 0 Å². The zero-order valence-electron chi connectivity index (χ0n) is 10.8. The number of hydrogen-bond acceptors (Lipinski definition) is 2. The monoisotopic (exact) mass is 296 g/mol. The molecule has 0 heterocycles. The third-order valence-electron chi connectivity index (χ3n) is 2.36. The number of aryl methyl sites for hydroxylation is 1. The molecule has 0 fully saturated rings. The Hall–Kier alpha value is -0.570. The van der Waals surface area contributed by atoms with Gasteiger partial charge in [0.1, 0.15) is 0 Å². The summed E-state index contributed by atoms with van der Waals surface area (Å²) in [7, 11) is 0. The van der Waals surface area contributed by atoms with Crippen LogP contribution in [0, 0.1) is 6.92 Å². The second-order valence-corrected chi connectivity index (χ2v) is 5.79. The van der Waals surface area contributed by atoms with Gasteiger partial charge in [-0.2, -0.15) is 0 Å². The molecule has 0 spiro atoms. The summed E-state index contributed by atoms with van der Waals surface area (Å²) in [4.78, 5) is 2.62. The van der Waals surface area contributed by atoms with Crippen molar-refractivity contribution in [3.05, 3.63) is 59.1 Å². The van der Waals surface area contributed by atoms with Gasteiger partial charge < -0.3 is 0 Å². The maximum absolute atomic E-state index is 5.66. The molecule has 0 aliphatic rings. The third kappa shape index (κ3) is 5.38. The average Bonchev–Trinajstić information content (AvgIpc) is 2.41. The largest absolute Gasteiger partial charge is 0.130 e. The minimum Gasteiger partial charge on any atom is -0.130 e. The first-order valence-electron chi connectivity index (χ1n) is 5.56. The number of hydrogen-bond donors (Lipinski definition) is 0. The van der Waals surface area contributed by atoms with Gasteiger partial charge in [0, 0.05) is 14.8 Å². The number of halogens is 1. The van der Waals surface area contributed by atoms with Gasteiger partial charge in [0.05, 0.1) is 0 Å². The van der Waals surface area contributed by atoms with E-state index in [0.29, 0.717) is 0 Å². The average molecular weight is 297 g/mol. The fraction of sp³-hybridized carbons (Fsp3) is 0.200. The standard InChI is InChI=1S/C8H10S.C7H7ClS/c1-7-5-3-4-6-8(7)9-2;1-9-7-4-2-6(8)3-5-7/h3-6H,1-2H3;2-5H,1H3. The zero-order chi connectivity index (χ0) is 13.4. The molecular weight excluding hydrogens is 280 g/mol. The second kappa shape index (κ2) is 8.52. The highest BCUT2D eigenvalue weighted by Gasteiger charge is 1.90. The lowest BCUT2D eigenvalue weighted by molar-refractivity contribution is 1.31. The topological polar surface area (TPSA) is 0 Å². The first-order chi connectivity index (χ1) is 8.67. The molecule has 0 saturated carbocycles. The summed E-state index contributed by atoms with van der Waals surface area (Å²) in [6, 6.07) is 16.2. The zero-order valence-corrected chi connectivity index (χ0v) is 13.2. The molecule has 18 heavy (non-hydrogen) atoms. The predicted octanol–water partition coefficient (Wildman–Crippen LogP) is 5.78. The van der Waals surface area contributed by atoms with E-state index in [1.165, 1.54) is 15.4 Å². The van der Waals surface area contributed by atoms with E-state index in [4.69, 9.17) is 11.6 Å². The maximum atomic E-state index is 5.66. The maximum Gasteiger partial charge on any atom is 0.0406 e. The van der Waals surface area contributed by atoms with Gasteiger partial charge in [-0.05, 0) is 55.3 Å². The van der Waals surface area contributed by atoms with Crippen LogP contribution in [0.2, 0.25) is 5.02 Å². The van der Waals surface area contributed by atoms with Crippen LogP contribution in [-0.2, 0) is 0 Å². The Bertz CT molecular complexity index is 466. The summed E-state index contributed by atoms with van der Waals surface area (Å²) in [5, 5.41) is 0.799. The van der Waals surface area contributed by atoms with Crippen LogP contribution in [-0.4, -0.2) is 12.5 Å². The molecule has 0 aliphatic carbocycles. The van der Waals surface area contributed by atoms with Crippen molar-refractivity contribution in [3.63, 3.8) is 0 Å². The fourth-order valence-corrected chi connectivity index (χ4v) is 2.50. The van der Waals surface area contributed by atoms with Crippen molar-refractivity contribution in [3.8, 4) is 0 Å². The Balaban J connectivity index is 0.000000180. The van der Waals surface area contributed by atoms with E-state index in [0.717, 1.165) is 5.02 Å². The first-order valence-corrected chi connectivity index (χ1v) is 8.39. The third-order valence-corrected chi connectivity index (χ3v) is 4.26. The van der Waals surface area contributed by atoms with Crippen molar-refractivity contribution < 1.29 is 0 Å². The fourth-order valence-electron chi connectivity index (χ4n) is 1.36. The molecule has 0 saturated heterocycles. The Morgan fingerprint density at radius 3 is 1.89 bits per heavy atom. The number of thioether (sulfide) groups is 2. The first kappa shape index (κ1) is 15.5. The summed E-state index contributed by atoms with van der Waals surface area (Å²) in [5.74, 6) is 0. The Morgan fingerprint density at radius 1 is 0.833 bits per heavy atom. The van der Waals surface area contributed by atoms with E-state index in [2.05, 4.69) is 37.4 Å². The van der Waals surface area contributed by atoms with Crippen LogP contribution >= 0.6 is 35.1 Å². The molecular formula is C15H17ClS2. The van der Waals surface area contributed by atoms with Gasteiger partial charge in [-0.25, -0.2) is 0 Å². The van der Waals surface area contributed by atoms with Crippen molar-refractivity contribution in [2.75, 3.05) is 12.5 Å². The van der Waals surface area contributed by atoms with Crippen LogP contribution in [0.4, 0.5) is 0 Å². The minimum absolute atomic E-state index is 0.799. The van der Waals surface area contributed by atoms with E-state index >= 15 is 0 Å². The van der Waals surface area contributed by atoms with Gasteiger partial charge >= 0.3 is 0 Å². The van der Waals surface area contributed by atoms with Gasteiger partial charge in [0.15, 0.2) is 0 Å². The van der Waals surface area contributed by atoms with Crippen molar-refractivity contribution in [1.82, 2.24) is 0 Å². The van der Waals surface area contributed by atoms with Crippen molar-refractivity contribution in [1.29, 1.82) is 0 Å². The summed E-state index contributed by atoms with van der Waals surface area (Å²) in [5.41, 5.74) is 1.37. The van der Waals surface area contributed by atoms with E-state index < -0.39 is 0 Å². The van der Waals surface area contributed by atoms with Gasteiger partial charge in [-0.1, -0.05) is 29.8 Å². The molecule has 0 aromatic heterocycles. The molecule has 0 amide bonds. The van der Waals surface area contributed by atoms with Gasteiger partial charge in [-0.3, -0.25) is 0 Å². The summed E-state index contributed by atoms with van der Waals surface area (Å²) >= 11 is 9.17. The molecule has 2 aromatic carbocycles. The van der Waals surface area contributed by atoms with Gasteiger partial charge in [0.25, 0.3) is 0 Å². The summed E-state index contributed by atoms with van der Waals surface area (Å²) < 4.78 is 0. The van der Waals surface area contributed by atoms with Crippen LogP contribution in [0.3, 0.4) is 0 Å². The Morgan fingerprint density at radius 2 is 1.44 bits per heavy atom. The molecule has 0 radical (unpaired) electrons. The van der Waals surface area contributed by atoms with Crippen molar-refractivity contribution >= 4 is 35.1 Å². The summed E-state index contributed by atoms with van der Waals surface area (Å²) in [6.07, 6.45) is 4.14. The summed E-state index contributed by atoms with van der Waals surface area (Å²) in [6.45, 7) is 2.13. The normalized spacial score (nSPS) is 9.56. The lowest BCUT2D eigenvalue weighted by atomic mass is 10.2. The lowest BCUT2D eigenvalue weighted by Crippen LogP contribution is -1.74. The van der Waals surface area contributed by atoms with Crippen LogP contribution in [0.25, 0.3) is 0 Å². The highest BCUT2D eigenvalue weighted by molar-refractivity contribution is 7.98. The molecule has 0 N–H and O–H groups in total. The molecule has 0 bridgehead atoms. The molecule has 0 unspecified atom stereocenters. The van der Waals surface area contributed by atoms with E-state index in [1.54, 1.807) is 23.5 Å². The Labute approximate surface area is 123 Å². The minimum atomic E-state index is 0.799. The Kier molecular flexibility index (Phi) is 7.33. The molecule has 3 heteroatoms. The molecule has 96 valence electrons. The van der Waals surface area contributed by atoms with Crippen LogP contribution in [0.1, 0.15) is 5.56 Å². The lowest BCUT2D eigenvalue weighted by Gasteiger charge is -1.97. The van der Waals surface area contributed by atoms with E-state index in [1.807, 2.05) is 30.5 Å². The molecule has 0 aliphatic heterocycles. The molecule has 2 aromatic rings. The SMILES string of the molecule is CSc1ccc(Cl)cc1.CSc1ccccc1C. The number of benzene rings is 2. The van der Waals surface area contributed by atoms with E-state index in [-0.39, 0.29) is 0 Å².